The topological polar surface area (TPSA) is 153 Å². The minimum absolute atomic E-state index is 0. The zero-order chi connectivity index (χ0) is 25.3. The zero-order valence-electron chi connectivity index (χ0n) is 20.0. The van der Waals surface area contributed by atoms with Gasteiger partial charge in [0.25, 0.3) is 0 Å². The number of nitrogens with one attached hydrogen (secondary N) is 2. The molecule has 0 radical (unpaired) electrons. The molecule has 0 spiro atoms. The molecule has 12 nitrogen and oxygen atoms in total. The minimum Gasteiger partial charge on any atom is -0.745 e. The van der Waals surface area contributed by atoms with Crippen LogP contribution in [0.25, 0.3) is 11.1 Å². The van der Waals surface area contributed by atoms with Crippen LogP contribution in [-0.4, -0.2) is 28.9 Å². The number of aryl methyl sites for hydroxylation is 2. The summed E-state index contributed by atoms with van der Waals surface area (Å²) in [5.74, 6) is -0.780. The van der Waals surface area contributed by atoms with Crippen molar-refractivity contribution in [3.8, 4) is 5.75 Å². The van der Waals surface area contributed by atoms with Gasteiger partial charge in [-0.1, -0.05) is 0 Å². The molecule has 4 rings (SSSR count). The van der Waals surface area contributed by atoms with Gasteiger partial charge in [-0.3, -0.25) is 4.57 Å². The first-order valence-electron chi connectivity index (χ1n) is 10.0. The average molecular weight is 527 g/mol. The van der Waals surface area contributed by atoms with Crippen molar-refractivity contribution >= 4 is 42.1 Å². The van der Waals surface area contributed by atoms with Crippen molar-refractivity contribution in [2.75, 3.05) is 24.9 Å². The third-order valence-electron chi connectivity index (χ3n) is 4.88. The number of methoxy groups -OCH3 is 1. The van der Waals surface area contributed by atoms with Gasteiger partial charge in [-0.15, -0.1) is 4.73 Å². The Hall–Kier alpha value is -2.93. The Kier molecular flexibility index (Phi) is 8.44. The fourth-order valence-corrected chi connectivity index (χ4v) is 3.56. The number of oxazole rings is 1. The van der Waals surface area contributed by atoms with E-state index in [0.29, 0.717) is 33.0 Å². The SMILES string of the molecule is COc1cc(Nc2ncc(C)c(Nc3ccc4oc(=O)n(OP(=O)([O-])OC)c4c3)n2)cc(C)c1F.[Na+]. The molecule has 0 aliphatic rings. The number of aromatic nitrogens is 3. The molecule has 2 aromatic carbocycles. The molecule has 15 heteroatoms. The number of halogens is 1. The fourth-order valence-electron chi connectivity index (χ4n) is 3.14. The Morgan fingerprint density at radius 2 is 1.86 bits per heavy atom. The summed E-state index contributed by atoms with van der Waals surface area (Å²) in [5.41, 5.74) is 2.19. The zero-order valence-corrected chi connectivity index (χ0v) is 22.9. The van der Waals surface area contributed by atoms with Crippen molar-refractivity contribution in [1.82, 2.24) is 14.7 Å². The van der Waals surface area contributed by atoms with Crippen LogP contribution in [0, 0.1) is 19.7 Å². The van der Waals surface area contributed by atoms with Crippen LogP contribution in [0.4, 0.5) is 27.5 Å². The van der Waals surface area contributed by atoms with Crippen LogP contribution in [-0.2, 0) is 9.09 Å². The number of phosphoric acid groups is 1. The van der Waals surface area contributed by atoms with E-state index in [2.05, 4.69) is 29.7 Å². The second-order valence-electron chi connectivity index (χ2n) is 7.34. The van der Waals surface area contributed by atoms with Crippen molar-refractivity contribution in [2.24, 2.45) is 0 Å². The smallest absolute Gasteiger partial charge is 0.745 e. The predicted octanol–water partition coefficient (Wildman–Crippen LogP) is 0.184. The van der Waals surface area contributed by atoms with Gasteiger partial charge in [-0.25, -0.2) is 14.2 Å². The predicted molar refractivity (Wildman–Crippen MR) is 123 cm³/mol. The Morgan fingerprint density at radius 3 is 2.56 bits per heavy atom. The molecule has 1 unspecified atom stereocenters. The van der Waals surface area contributed by atoms with Gasteiger partial charge in [-0.2, -0.15) is 4.98 Å². The van der Waals surface area contributed by atoms with E-state index >= 15 is 0 Å². The van der Waals surface area contributed by atoms with Crippen molar-refractivity contribution < 1.29 is 61.7 Å². The summed E-state index contributed by atoms with van der Waals surface area (Å²) in [5, 5.41) is 6.09. The maximum atomic E-state index is 14.1. The number of hydrogen-bond donors (Lipinski definition) is 2. The number of nitrogens with zero attached hydrogens (tertiary/aromatic N) is 3. The molecular formula is C21H20FN5NaO7P. The van der Waals surface area contributed by atoms with Gasteiger partial charge in [0.15, 0.2) is 17.1 Å². The Balaban J connectivity index is 0.00000361. The van der Waals surface area contributed by atoms with E-state index in [-0.39, 0.29) is 52.4 Å². The summed E-state index contributed by atoms with van der Waals surface area (Å²) in [6, 6.07) is 7.59. The molecule has 2 heterocycles. The number of hydrogen-bond acceptors (Lipinski definition) is 11. The molecule has 36 heavy (non-hydrogen) atoms. The van der Waals surface area contributed by atoms with Gasteiger partial charge in [-0.05, 0) is 43.7 Å². The van der Waals surface area contributed by atoms with Gasteiger partial charge in [0, 0.05) is 36.3 Å². The molecule has 0 aliphatic carbocycles. The summed E-state index contributed by atoms with van der Waals surface area (Å²) in [4.78, 5) is 32.4. The largest absolute Gasteiger partial charge is 1.00 e. The monoisotopic (exact) mass is 527 g/mol. The van der Waals surface area contributed by atoms with Crippen LogP contribution in [0.1, 0.15) is 11.1 Å². The van der Waals surface area contributed by atoms with Crippen LogP contribution in [0.15, 0.2) is 45.7 Å². The molecule has 0 saturated heterocycles. The number of rotatable bonds is 8. The van der Waals surface area contributed by atoms with Gasteiger partial charge in [0.2, 0.25) is 5.95 Å². The first kappa shape index (κ1) is 27.7. The number of ether oxygens (including phenoxy) is 1. The van der Waals surface area contributed by atoms with Crippen molar-refractivity contribution in [2.45, 2.75) is 13.8 Å². The normalized spacial score (nSPS) is 12.5. The Labute approximate surface area is 226 Å². The van der Waals surface area contributed by atoms with Crippen LogP contribution in [0.5, 0.6) is 5.75 Å². The molecule has 2 N–H and O–H groups in total. The van der Waals surface area contributed by atoms with Crippen LogP contribution in [0.3, 0.4) is 0 Å². The van der Waals surface area contributed by atoms with E-state index in [1.807, 2.05) is 0 Å². The number of benzene rings is 2. The van der Waals surface area contributed by atoms with E-state index < -0.39 is 19.4 Å². The second kappa shape index (κ2) is 11.0. The molecule has 2 aromatic heterocycles. The van der Waals surface area contributed by atoms with E-state index in [1.165, 1.54) is 25.3 Å². The third kappa shape index (κ3) is 5.89. The summed E-state index contributed by atoms with van der Waals surface area (Å²) >= 11 is 0. The first-order valence-corrected chi connectivity index (χ1v) is 11.5. The van der Waals surface area contributed by atoms with Crippen LogP contribution in [0.2, 0.25) is 0 Å². The van der Waals surface area contributed by atoms with E-state index in [9.17, 15) is 18.6 Å². The van der Waals surface area contributed by atoms with E-state index in [1.54, 1.807) is 32.2 Å². The number of fused-ring (bicyclic) bond motifs is 1. The summed E-state index contributed by atoms with van der Waals surface area (Å²) in [7, 11) is -2.49. The summed E-state index contributed by atoms with van der Waals surface area (Å²) in [6.45, 7) is 3.39. The minimum atomic E-state index is -4.76. The van der Waals surface area contributed by atoms with Crippen molar-refractivity contribution in [3.05, 3.63) is 64.0 Å². The number of anilines is 4. The average Bonchev–Trinajstić information content (AvgIpc) is 3.12. The standard InChI is InChI=1S/C21H21FN5O7P.Na/c1-11-7-14(9-17(31-3)18(11)22)25-20-23-10-12(2)19(26-20)24-13-5-6-16-15(8-13)27(21(28)33-16)34-35(29,30)32-4;/h5-10H,1-4H3,(H,29,30)(H2,23,24,25,26);/q;+1/p-1. The molecule has 184 valence electrons. The molecular weight excluding hydrogens is 507 g/mol. The molecule has 0 saturated carbocycles. The first-order chi connectivity index (χ1) is 16.6. The van der Waals surface area contributed by atoms with Gasteiger partial charge < -0.3 is 33.8 Å². The third-order valence-corrected chi connectivity index (χ3v) is 5.69. The molecule has 0 fully saturated rings. The van der Waals surface area contributed by atoms with Gasteiger partial charge in [0.05, 0.1) is 7.11 Å². The summed E-state index contributed by atoms with van der Waals surface area (Å²) < 4.78 is 45.2. The van der Waals surface area contributed by atoms with Crippen molar-refractivity contribution in [3.63, 3.8) is 0 Å². The fraction of sp³-hybridized carbons (Fsp3) is 0.190. The molecule has 0 bridgehead atoms. The maximum Gasteiger partial charge on any atom is 1.00 e. The molecule has 0 aliphatic heterocycles. The molecule has 1 atom stereocenters. The maximum absolute atomic E-state index is 14.1. The second-order valence-corrected chi connectivity index (χ2v) is 8.76. The number of phosphoric ester groups is 1. The van der Waals surface area contributed by atoms with Crippen molar-refractivity contribution in [1.29, 1.82) is 0 Å². The van der Waals surface area contributed by atoms with Gasteiger partial charge >= 0.3 is 43.1 Å². The van der Waals surface area contributed by atoms with Crippen LogP contribution < -0.4 is 60.2 Å². The molecule has 4 aromatic rings. The summed E-state index contributed by atoms with van der Waals surface area (Å²) in [6.07, 6.45) is 1.58. The van der Waals surface area contributed by atoms with Gasteiger partial charge in [0.1, 0.15) is 11.3 Å². The Morgan fingerprint density at radius 1 is 1.11 bits per heavy atom. The van der Waals surface area contributed by atoms with Crippen LogP contribution >= 0.6 is 7.82 Å². The Bertz CT molecular complexity index is 1530. The van der Waals surface area contributed by atoms with E-state index in [4.69, 9.17) is 9.15 Å². The quantitative estimate of drug-likeness (QED) is 0.238. The molecule has 0 amide bonds. The van der Waals surface area contributed by atoms with E-state index in [0.717, 1.165) is 7.11 Å².